The minimum absolute atomic E-state index is 0.0669. The van der Waals surface area contributed by atoms with Gasteiger partial charge in [-0.25, -0.2) is 0 Å². The van der Waals surface area contributed by atoms with Crippen LogP contribution in [0.3, 0.4) is 0 Å². The van der Waals surface area contributed by atoms with Gasteiger partial charge in [0, 0.05) is 29.5 Å². The Morgan fingerprint density at radius 2 is 1.67 bits per heavy atom. The molecule has 2 amide bonds. The predicted molar refractivity (Wildman–Crippen MR) is 132 cm³/mol. The van der Waals surface area contributed by atoms with Crippen LogP contribution in [0.2, 0.25) is 0 Å². The monoisotopic (exact) mass is 442 g/mol. The van der Waals surface area contributed by atoms with Crippen molar-refractivity contribution < 1.29 is 14.3 Å². The minimum Gasteiger partial charge on any atom is -0.497 e. The van der Waals surface area contributed by atoms with Gasteiger partial charge in [0.25, 0.3) is 5.91 Å². The number of hydrogen-bond acceptors (Lipinski definition) is 3. The van der Waals surface area contributed by atoms with Crippen LogP contribution in [0, 0.1) is 6.92 Å². The second kappa shape index (κ2) is 9.49. The quantitative estimate of drug-likeness (QED) is 0.518. The molecule has 0 bridgehead atoms. The van der Waals surface area contributed by atoms with Crippen LogP contribution < -0.4 is 14.5 Å². The van der Waals surface area contributed by atoms with Crippen LogP contribution in [0.4, 0.5) is 11.4 Å². The number of carbonyl (C=O) groups excluding carboxylic acids is 2. The lowest BCUT2D eigenvalue weighted by Crippen LogP contribution is -2.46. The zero-order valence-electron chi connectivity index (χ0n) is 19.6. The smallest absolute Gasteiger partial charge is 0.258 e. The maximum atomic E-state index is 13.7. The highest BCUT2D eigenvalue weighted by molar-refractivity contribution is 6.09. The summed E-state index contributed by atoms with van der Waals surface area (Å²) >= 11 is 0. The van der Waals surface area contributed by atoms with E-state index in [-0.39, 0.29) is 23.8 Å². The van der Waals surface area contributed by atoms with Crippen molar-refractivity contribution in [1.29, 1.82) is 0 Å². The standard InChI is InChI=1S/C28H30N2O3/c1-5-29(22-14-10-19(2)11-15-22)28(32)25-18-20(3)30(26-9-7-6-8-24(25)26)27(31)21-12-16-23(33-4)17-13-21/h6-17,20,25H,5,18H2,1-4H3/t20-,25-/m0/s1. The fourth-order valence-electron chi connectivity index (χ4n) is 4.61. The summed E-state index contributed by atoms with van der Waals surface area (Å²) in [5.41, 5.74) is 4.35. The van der Waals surface area contributed by atoms with Crippen LogP contribution in [0.5, 0.6) is 5.75 Å². The van der Waals surface area contributed by atoms with Gasteiger partial charge in [0.15, 0.2) is 0 Å². The molecule has 3 aromatic rings. The summed E-state index contributed by atoms with van der Waals surface area (Å²) in [6.45, 7) is 6.63. The third-order valence-corrected chi connectivity index (χ3v) is 6.37. The number of fused-ring (bicyclic) bond motifs is 1. The Labute approximate surface area is 195 Å². The van der Waals surface area contributed by atoms with Crippen molar-refractivity contribution >= 4 is 23.2 Å². The number of methoxy groups -OCH3 is 1. The number of nitrogens with zero attached hydrogens (tertiary/aromatic N) is 2. The highest BCUT2D eigenvalue weighted by Gasteiger charge is 2.38. The molecule has 0 saturated carbocycles. The molecule has 2 atom stereocenters. The van der Waals surface area contributed by atoms with Crippen LogP contribution in [0.1, 0.15) is 47.7 Å². The van der Waals surface area contributed by atoms with Crippen LogP contribution >= 0.6 is 0 Å². The Kier molecular flexibility index (Phi) is 6.50. The van der Waals surface area contributed by atoms with E-state index in [0.717, 1.165) is 22.5 Å². The molecule has 5 heteroatoms. The van der Waals surface area contributed by atoms with E-state index < -0.39 is 0 Å². The summed E-state index contributed by atoms with van der Waals surface area (Å²) in [6, 6.07) is 22.8. The Bertz CT molecular complexity index is 1140. The van der Waals surface area contributed by atoms with Gasteiger partial charge in [-0.05, 0) is 75.2 Å². The van der Waals surface area contributed by atoms with Crippen molar-refractivity contribution in [3.05, 3.63) is 89.5 Å². The predicted octanol–water partition coefficient (Wildman–Crippen LogP) is 5.58. The molecule has 1 aliphatic heterocycles. The molecule has 0 radical (unpaired) electrons. The Balaban J connectivity index is 1.68. The Morgan fingerprint density at radius 1 is 1.00 bits per heavy atom. The summed E-state index contributed by atoms with van der Waals surface area (Å²) in [5, 5.41) is 0. The van der Waals surface area contributed by atoms with E-state index in [1.54, 1.807) is 31.4 Å². The van der Waals surface area contributed by atoms with E-state index in [1.807, 2.05) is 79.1 Å². The van der Waals surface area contributed by atoms with Crippen LogP contribution in [0.15, 0.2) is 72.8 Å². The van der Waals surface area contributed by atoms with E-state index >= 15 is 0 Å². The first kappa shape index (κ1) is 22.6. The lowest BCUT2D eigenvalue weighted by Gasteiger charge is -2.40. The van der Waals surface area contributed by atoms with Gasteiger partial charge in [-0.15, -0.1) is 0 Å². The second-order valence-electron chi connectivity index (χ2n) is 8.52. The lowest BCUT2D eigenvalue weighted by atomic mass is 9.84. The largest absolute Gasteiger partial charge is 0.497 e. The molecule has 0 unspecified atom stereocenters. The van der Waals surface area contributed by atoms with Crippen molar-refractivity contribution in [3.8, 4) is 5.75 Å². The van der Waals surface area contributed by atoms with Gasteiger partial charge in [-0.2, -0.15) is 0 Å². The van der Waals surface area contributed by atoms with E-state index in [9.17, 15) is 9.59 Å². The van der Waals surface area contributed by atoms with Gasteiger partial charge in [-0.3, -0.25) is 9.59 Å². The number of carbonyl (C=O) groups is 2. The summed E-state index contributed by atoms with van der Waals surface area (Å²) in [5.74, 6) is 0.393. The van der Waals surface area contributed by atoms with E-state index in [2.05, 4.69) is 0 Å². The third kappa shape index (κ3) is 4.36. The minimum atomic E-state index is -0.308. The maximum Gasteiger partial charge on any atom is 0.258 e. The molecule has 0 fully saturated rings. The van der Waals surface area contributed by atoms with E-state index in [1.165, 1.54) is 0 Å². The van der Waals surface area contributed by atoms with Gasteiger partial charge in [-0.1, -0.05) is 35.9 Å². The van der Waals surface area contributed by atoms with Gasteiger partial charge < -0.3 is 14.5 Å². The van der Waals surface area contributed by atoms with Crippen molar-refractivity contribution in [3.63, 3.8) is 0 Å². The molecule has 5 nitrogen and oxygen atoms in total. The third-order valence-electron chi connectivity index (χ3n) is 6.37. The van der Waals surface area contributed by atoms with Crippen LogP contribution in [-0.4, -0.2) is 31.5 Å². The van der Waals surface area contributed by atoms with E-state index in [0.29, 0.717) is 24.3 Å². The molecule has 3 aromatic carbocycles. The van der Waals surface area contributed by atoms with Crippen molar-refractivity contribution in [1.82, 2.24) is 0 Å². The molecule has 0 spiro atoms. The van der Waals surface area contributed by atoms with Crippen molar-refractivity contribution in [2.75, 3.05) is 23.5 Å². The normalized spacial score (nSPS) is 17.3. The van der Waals surface area contributed by atoms with Crippen LogP contribution in [-0.2, 0) is 4.79 Å². The van der Waals surface area contributed by atoms with Crippen LogP contribution in [0.25, 0.3) is 0 Å². The number of para-hydroxylation sites is 1. The topological polar surface area (TPSA) is 49.9 Å². The summed E-state index contributed by atoms with van der Waals surface area (Å²) < 4.78 is 5.22. The van der Waals surface area contributed by atoms with Gasteiger partial charge in [0.05, 0.1) is 13.0 Å². The SMILES string of the molecule is CCN(C(=O)[C@H]1C[C@H](C)N(C(=O)c2ccc(OC)cc2)c2ccccc21)c1ccc(C)cc1. The number of benzene rings is 3. The number of amides is 2. The highest BCUT2D eigenvalue weighted by atomic mass is 16.5. The van der Waals surface area contributed by atoms with Crippen molar-refractivity contribution in [2.24, 2.45) is 0 Å². The Hall–Kier alpha value is -3.60. The average Bonchev–Trinajstić information content (AvgIpc) is 2.84. The number of ether oxygens (including phenoxy) is 1. The molecule has 0 N–H and O–H groups in total. The maximum absolute atomic E-state index is 13.7. The fraction of sp³-hybridized carbons (Fsp3) is 0.286. The first-order valence-electron chi connectivity index (χ1n) is 11.4. The van der Waals surface area contributed by atoms with Gasteiger partial charge >= 0.3 is 0 Å². The van der Waals surface area contributed by atoms with Gasteiger partial charge in [0.1, 0.15) is 5.75 Å². The molecule has 0 saturated heterocycles. The lowest BCUT2D eigenvalue weighted by molar-refractivity contribution is -0.120. The zero-order chi connectivity index (χ0) is 23.5. The molecular weight excluding hydrogens is 412 g/mol. The molecule has 0 aromatic heterocycles. The molecular formula is C28H30N2O3. The second-order valence-corrected chi connectivity index (χ2v) is 8.52. The number of rotatable bonds is 5. The number of aryl methyl sites for hydroxylation is 1. The summed E-state index contributed by atoms with van der Waals surface area (Å²) in [6.07, 6.45) is 0.570. The summed E-state index contributed by atoms with van der Waals surface area (Å²) in [4.78, 5) is 30.9. The molecule has 33 heavy (non-hydrogen) atoms. The molecule has 4 rings (SSSR count). The zero-order valence-corrected chi connectivity index (χ0v) is 19.6. The first-order chi connectivity index (χ1) is 15.9. The molecule has 0 aliphatic carbocycles. The molecule has 1 aliphatic rings. The number of likely N-dealkylation sites (N-methyl/N-ethyl adjacent to an activating group) is 1. The van der Waals surface area contributed by atoms with Gasteiger partial charge in [0.2, 0.25) is 5.91 Å². The fourth-order valence-corrected chi connectivity index (χ4v) is 4.61. The molecule has 1 heterocycles. The average molecular weight is 443 g/mol. The summed E-state index contributed by atoms with van der Waals surface area (Å²) in [7, 11) is 1.60. The van der Waals surface area contributed by atoms with E-state index in [4.69, 9.17) is 4.74 Å². The number of hydrogen-bond donors (Lipinski definition) is 0. The van der Waals surface area contributed by atoms with Crippen molar-refractivity contribution in [2.45, 2.75) is 39.2 Å². The highest BCUT2D eigenvalue weighted by Crippen LogP contribution is 2.40. The Morgan fingerprint density at radius 3 is 2.30 bits per heavy atom. The number of anilines is 2. The first-order valence-corrected chi connectivity index (χ1v) is 11.4. The molecule has 170 valence electrons.